The zero-order chi connectivity index (χ0) is 30.7. The lowest BCUT2D eigenvalue weighted by Crippen LogP contribution is -2.37. The quantitative estimate of drug-likeness (QED) is 0.0830. The smallest absolute Gasteiger partial charge is 0.459 e. The van der Waals surface area contributed by atoms with E-state index in [2.05, 4.69) is 56.7 Å². The number of likely N-dealkylation sites (N-methyl/N-ethyl adjacent to an activating group) is 1. The Balaban J connectivity index is 1.52. The molecule has 0 aliphatic heterocycles. The summed E-state index contributed by atoms with van der Waals surface area (Å²) in [5, 5.41) is 8.05. The lowest BCUT2D eigenvalue weighted by molar-refractivity contribution is -0.149. The monoisotopic (exact) mass is 730 g/mol. The van der Waals surface area contributed by atoms with E-state index in [1.807, 2.05) is 36.4 Å². The summed E-state index contributed by atoms with van der Waals surface area (Å²) in [4.78, 5) is 19.0. The summed E-state index contributed by atoms with van der Waals surface area (Å²) in [6, 6.07) is 14.2. The summed E-state index contributed by atoms with van der Waals surface area (Å²) in [5.41, 5.74) is 1.90. The Kier molecular flexibility index (Phi) is 13.8. The zero-order valence-electron chi connectivity index (χ0n) is 24.8. The normalized spacial score (nSPS) is 14.5. The molecular weight excluding hydrogens is 690 g/mol. The molecule has 230 valence electrons. The van der Waals surface area contributed by atoms with Crippen LogP contribution in [0, 0.1) is 3.57 Å². The summed E-state index contributed by atoms with van der Waals surface area (Å²) in [5.74, 6) is -0.143. The third-order valence-corrected chi connectivity index (χ3v) is 9.06. The van der Waals surface area contributed by atoms with Gasteiger partial charge in [-0.05, 0) is 125 Å². The summed E-state index contributed by atoms with van der Waals surface area (Å²) >= 11 is 8.31. The van der Waals surface area contributed by atoms with Gasteiger partial charge in [-0.15, -0.1) is 0 Å². The Morgan fingerprint density at radius 2 is 1.83 bits per heavy atom. The lowest BCUT2D eigenvalue weighted by Gasteiger charge is -2.25. The molecule has 0 radical (unpaired) electrons. The van der Waals surface area contributed by atoms with E-state index in [4.69, 9.17) is 25.4 Å². The molecule has 0 saturated carbocycles. The van der Waals surface area contributed by atoms with Crippen LogP contribution >= 0.6 is 41.9 Å². The Hall–Kier alpha value is -1.95. The molecule has 3 atom stereocenters. The Morgan fingerprint density at radius 3 is 2.52 bits per heavy atom. The Bertz CT molecular complexity index is 1350. The van der Waals surface area contributed by atoms with Crippen molar-refractivity contribution in [1.82, 2.24) is 15.0 Å². The molecular formula is C30H41ClIN4O5P. The molecule has 0 saturated heterocycles. The summed E-state index contributed by atoms with van der Waals surface area (Å²) < 4.78 is 31.6. The maximum Gasteiger partial charge on any atom is 0.459 e. The maximum atomic E-state index is 13.7. The van der Waals surface area contributed by atoms with Crippen molar-refractivity contribution in [1.29, 1.82) is 0 Å². The van der Waals surface area contributed by atoms with Crippen LogP contribution in [0.1, 0.15) is 47.5 Å². The molecule has 12 heteroatoms. The largest absolute Gasteiger partial charge is 0.462 e. The number of ether oxygens (including phenoxy) is 1. The van der Waals surface area contributed by atoms with Crippen LogP contribution in [0.15, 0.2) is 54.7 Å². The molecule has 0 spiro atoms. The number of benzene rings is 2. The van der Waals surface area contributed by atoms with E-state index in [1.54, 1.807) is 39.1 Å². The van der Waals surface area contributed by atoms with Crippen molar-refractivity contribution >= 4 is 64.5 Å². The van der Waals surface area contributed by atoms with Gasteiger partial charge in [-0.2, -0.15) is 5.09 Å². The van der Waals surface area contributed by atoms with Crippen LogP contribution in [0.4, 0.5) is 5.69 Å². The molecule has 3 rings (SSSR count). The van der Waals surface area contributed by atoms with Crippen LogP contribution in [0.25, 0.3) is 10.9 Å². The van der Waals surface area contributed by atoms with Crippen molar-refractivity contribution in [2.24, 2.45) is 0 Å². The van der Waals surface area contributed by atoms with E-state index in [9.17, 15) is 9.36 Å². The number of fused-ring (bicyclic) bond motifs is 1. The number of hydrogen-bond acceptors (Lipinski definition) is 8. The number of aromatic nitrogens is 1. The molecule has 0 bridgehead atoms. The van der Waals surface area contributed by atoms with Crippen molar-refractivity contribution in [3.05, 3.63) is 63.3 Å². The number of halogens is 2. The van der Waals surface area contributed by atoms with Crippen molar-refractivity contribution in [3.63, 3.8) is 0 Å². The second-order valence-electron chi connectivity index (χ2n) is 10.4. The predicted octanol–water partition coefficient (Wildman–Crippen LogP) is 7.53. The van der Waals surface area contributed by atoms with Gasteiger partial charge in [0.05, 0.1) is 18.2 Å². The van der Waals surface area contributed by atoms with Gasteiger partial charge in [0.15, 0.2) is 0 Å². The first-order valence-electron chi connectivity index (χ1n) is 14.2. The van der Waals surface area contributed by atoms with Crippen LogP contribution in [-0.4, -0.2) is 60.3 Å². The molecule has 1 heterocycles. The minimum atomic E-state index is -3.88. The topological polar surface area (TPSA) is 102 Å². The number of esters is 1. The first kappa shape index (κ1) is 34.5. The van der Waals surface area contributed by atoms with Gasteiger partial charge in [-0.25, -0.2) is 4.57 Å². The first-order valence-corrected chi connectivity index (χ1v) is 17.2. The van der Waals surface area contributed by atoms with E-state index in [0.717, 1.165) is 46.1 Å². The third-order valence-electron chi connectivity index (χ3n) is 6.43. The number of anilines is 1. The van der Waals surface area contributed by atoms with Crippen LogP contribution in [0.3, 0.4) is 0 Å². The molecule has 3 aromatic rings. The highest BCUT2D eigenvalue weighted by Gasteiger charge is 2.32. The second-order valence-corrected chi connectivity index (χ2v) is 13.7. The molecule has 2 aromatic carbocycles. The third kappa shape index (κ3) is 11.3. The summed E-state index contributed by atoms with van der Waals surface area (Å²) in [6.07, 6.45) is 3.42. The van der Waals surface area contributed by atoms with Gasteiger partial charge in [-0.3, -0.25) is 14.3 Å². The summed E-state index contributed by atoms with van der Waals surface area (Å²) in [7, 11) is -3.88. The molecule has 9 nitrogen and oxygen atoms in total. The zero-order valence-corrected chi connectivity index (χ0v) is 28.6. The number of carbonyl (C=O) groups excluding carboxylic acids is 1. The van der Waals surface area contributed by atoms with E-state index < -0.39 is 19.8 Å². The fourth-order valence-corrected chi connectivity index (χ4v) is 6.28. The van der Waals surface area contributed by atoms with Gasteiger partial charge in [0.1, 0.15) is 11.8 Å². The van der Waals surface area contributed by atoms with Crippen LogP contribution in [0.2, 0.25) is 5.02 Å². The van der Waals surface area contributed by atoms with Crippen molar-refractivity contribution in [2.75, 3.05) is 31.6 Å². The van der Waals surface area contributed by atoms with Crippen molar-refractivity contribution in [2.45, 2.75) is 65.6 Å². The first-order chi connectivity index (χ1) is 20.0. The van der Waals surface area contributed by atoms with Crippen LogP contribution < -0.4 is 14.9 Å². The molecule has 0 aliphatic carbocycles. The second kappa shape index (κ2) is 16.8. The fourth-order valence-electron chi connectivity index (χ4n) is 4.27. The van der Waals surface area contributed by atoms with Gasteiger partial charge >= 0.3 is 13.7 Å². The van der Waals surface area contributed by atoms with E-state index in [-0.39, 0.29) is 18.8 Å². The number of carbonyl (C=O) groups is 1. The molecule has 42 heavy (non-hydrogen) atoms. The minimum absolute atomic E-state index is 0.161. The van der Waals surface area contributed by atoms with Crippen molar-refractivity contribution in [3.8, 4) is 5.75 Å². The average molecular weight is 731 g/mol. The number of nitrogens with zero attached hydrogens (tertiary/aromatic N) is 2. The molecule has 0 fully saturated rings. The van der Waals surface area contributed by atoms with Gasteiger partial charge < -0.3 is 19.5 Å². The Labute approximate surface area is 267 Å². The Morgan fingerprint density at radius 1 is 1.10 bits per heavy atom. The predicted molar refractivity (Wildman–Crippen MR) is 178 cm³/mol. The lowest BCUT2D eigenvalue weighted by atomic mass is 10.1. The van der Waals surface area contributed by atoms with Gasteiger partial charge in [0.2, 0.25) is 0 Å². The average Bonchev–Trinajstić information content (AvgIpc) is 2.93. The molecule has 0 unspecified atom stereocenters. The van der Waals surface area contributed by atoms with Gasteiger partial charge in [0, 0.05) is 38.4 Å². The maximum absolute atomic E-state index is 13.7. The molecule has 0 aliphatic rings. The van der Waals surface area contributed by atoms with E-state index in [0.29, 0.717) is 17.3 Å². The molecule has 0 amide bonds. The van der Waals surface area contributed by atoms with Gasteiger partial charge in [0.25, 0.3) is 0 Å². The number of rotatable bonds is 17. The standard InChI is InChI=1S/C30H41ClIN4O5P/c1-6-36(17-7-8-22(4)34-28-15-16-33-29-20-24(31)9-14-27(28)29)18-19-39-42(38,35-23(5)30(37)40-21(2)3)41-26-12-10-25(32)11-13-26/h9-16,20-23H,6-8,17-19H2,1-5H3,(H,33,34)(H,35,38)/t22-,23+,42+/m1/s1. The molecule has 1 aromatic heterocycles. The highest BCUT2D eigenvalue weighted by atomic mass is 127. The van der Waals surface area contributed by atoms with Gasteiger partial charge in [-0.1, -0.05) is 18.5 Å². The highest BCUT2D eigenvalue weighted by molar-refractivity contribution is 14.1. The van der Waals surface area contributed by atoms with E-state index in [1.165, 1.54) is 0 Å². The number of nitrogens with one attached hydrogen (secondary N) is 2. The SMILES string of the molecule is CCN(CCC[C@@H](C)Nc1ccnc2cc(Cl)ccc12)CCO[P@@](=O)(N[C@@H](C)C(=O)OC(C)C)Oc1ccc(I)cc1. The number of hydrogen-bond donors (Lipinski definition) is 2. The minimum Gasteiger partial charge on any atom is -0.462 e. The summed E-state index contributed by atoms with van der Waals surface area (Å²) in [6.45, 7) is 11.7. The van der Waals surface area contributed by atoms with Crippen LogP contribution in [0.5, 0.6) is 5.75 Å². The fraction of sp³-hybridized carbons (Fsp3) is 0.467. The van der Waals surface area contributed by atoms with Crippen LogP contribution in [-0.2, 0) is 18.6 Å². The van der Waals surface area contributed by atoms with Crippen molar-refractivity contribution < 1.29 is 23.1 Å². The van der Waals surface area contributed by atoms with E-state index >= 15 is 0 Å². The highest BCUT2D eigenvalue weighted by Crippen LogP contribution is 2.45. The molecule has 2 N–H and O–H groups in total. The number of pyridine rings is 1.